The molecule has 2 heterocycles. The summed E-state index contributed by atoms with van der Waals surface area (Å²) in [4.78, 5) is 26.4. The molecular formula is C19H22ClN3O4. The molecule has 1 atom stereocenters. The molecule has 1 aliphatic heterocycles. The first-order valence-corrected chi connectivity index (χ1v) is 9.14. The number of carboxylic acid groups (broad SMARTS) is 1. The van der Waals surface area contributed by atoms with Gasteiger partial charge in [0.2, 0.25) is 0 Å². The van der Waals surface area contributed by atoms with Gasteiger partial charge in [-0.3, -0.25) is 9.59 Å². The molecule has 1 N–H and O–H groups in total. The third-order valence-electron chi connectivity index (χ3n) is 5.00. The lowest BCUT2D eigenvalue weighted by Gasteiger charge is -2.23. The zero-order valence-corrected chi connectivity index (χ0v) is 16.1. The highest BCUT2D eigenvalue weighted by Gasteiger charge is 2.46. The zero-order chi connectivity index (χ0) is 19.6. The van der Waals surface area contributed by atoms with Crippen molar-refractivity contribution in [1.29, 1.82) is 0 Å². The molecule has 3 rings (SSSR count). The van der Waals surface area contributed by atoms with E-state index in [2.05, 4.69) is 5.10 Å². The summed E-state index contributed by atoms with van der Waals surface area (Å²) in [5.41, 5.74) is 0.969. The summed E-state index contributed by atoms with van der Waals surface area (Å²) in [5.74, 6) is -1.15. The minimum absolute atomic E-state index is 0.0779. The molecule has 1 saturated heterocycles. The Morgan fingerprint density at radius 2 is 2.19 bits per heavy atom. The van der Waals surface area contributed by atoms with Gasteiger partial charge in [-0.2, -0.15) is 5.10 Å². The van der Waals surface area contributed by atoms with E-state index in [4.69, 9.17) is 16.3 Å². The van der Waals surface area contributed by atoms with E-state index >= 15 is 0 Å². The SMILES string of the molecule is CCc1c(C(=O)N2CCC(COC)(C(=O)O)C2)cnn1-c1cccc(Cl)c1. The molecule has 0 saturated carbocycles. The van der Waals surface area contributed by atoms with Gasteiger partial charge in [-0.15, -0.1) is 0 Å². The Kier molecular flexibility index (Phi) is 5.53. The van der Waals surface area contributed by atoms with Gasteiger partial charge in [-0.05, 0) is 31.0 Å². The summed E-state index contributed by atoms with van der Waals surface area (Å²) in [7, 11) is 1.47. The molecule has 1 aromatic carbocycles. The van der Waals surface area contributed by atoms with E-state index in [1.54, 1.807) is 27.9 Å². The van der Waals surface area contributed by atoms with Crippen LogP contribution >= 0.6 is 11.6 Å². The molecule has 1 amide bonds. The van der Waals surface area contributed by atoms with Crippen molar-refractivity contribution in [2.24, 2.45) is 5.41 Å². The van der Waals surface area contributed by atoms with E-state index in [1.165, 1.54) is 7.11 Å². The lowest BCUT2D eigenvalue weighted by atomic mass is 9.88. The highest BCUT2D eigenvalue weighted by atomic mass is 35.5. The number of ether oxygens (including phenoxy) is 1. The van der Waals surface area contributed by atoms with E-state index < -0.39 is 11.4 Å². The van der Waals surface area contributed by atoms with Crippen LogP contribution in [-0.4, -0.2) is 58.5 Å². The maximum absolute atomic E-state index is 13.1. The first kappa shape index (κ1) is 19.4. The van der Waals surface area contributed by atoms with Crippen LogP contribution in [0.25, 0.3) is 5.69 Å². The predicted molar refractivity (Wildman–Crippen MR) is 100 cm³/mol. The zero-order valence-electron chi connectivity index (χ0n) is 15.3. The Labute approximate surface area is 162 Å². The van der Waals surface area contributed by atoms with Gasteiger partial charge in [0.05, 0.1) is 29.7 Å². The van der Waals surface area contributed by atoms with Gasteiger partial charge in [0.15, 0.2) is 0 Å². The number of benzene rings is 1. The van der Waals surface area contributed by atoms with Crippen LogP contribution in [0.1, 0.15) is 29.4 Å². The number of aliphatic carboxylic acids is 1. The Morgan fingerprint density at radius 1 is 1.41 bits per heavy atom. The van der Waals surface area contributed by atoms with Crippen LogP contribution < -0.4 is 0 Å². The average Bonchev–Trinajstić information content (AvgIpc) is 3.26. The number of hydrogen-bond donors (Lipinski definition) is 1. The second-order valence-electron chi connectivity index (χ2n) is 6.75. The van der Waals surface area contributed by atoms with Crippen molar-refractivity contribution in [2.75, 3.05) is 26.8 Å². The topological polar surface area (TPSA) is 84.7 Å². The van der Waals surface area contributed by atoms with Crippen molar-refractivity contribution >= 4 is 23.5 Å². The molecule has 1 fully saturated rings. The van der Waals surface area contributed by atoms with E-state index in [0.717, 1.165) is 11.4 Å². The minimum Gasteiger partial charge on any atom is -0.481 e. The number of carbonyl (C=O) groups is 2. The van der Waals surface area contributed by atoms with Gasteiger partial charge >= 0.3 is 5.97 Å². The quantitative estimate of drug-likeness (QED) is 0.818. The van der Waals surface area contributed by atoms with Gasteiger partial charge < -0.3 is 14.7 Å². The van der Waals surface area contributed by atoms with Gasteiger partial charge in [0.1, 0.15) is 5.41 Å². The molecule has 144 valence electrons. The Balaban J connectivity index is 1.89. The summed E-state index contributed by atoms with van der Waals surface area (Å²) in [6, 6.07) is 7.26. The molecule has 0 radical (unpaired) electrons. The van der Waals surface area contributed by atoms with Gasteiger partial charge in [-0.1, -0.05) is 24.6 Å². The van der Waals surface area contributed by atoms with E-state index in [-0.39, 0.29) is 19.1 Å². The second kappa shape index (κ2) is 7.70. The summed E-state index contributed by atoms with van der Waals surface area (Å²) in [6.07, 6.45) is 2.51. The number of rotatable bonds is 6. The van der Waals surface area contributed by atoms with E-state index in [1.807, 2.05) is 19.1 Å². The number of amides is 1. The third kappa shape index (κ3) is 3.57. The fourth-order valence-corrected chi connectivity index (χ4v) is 3.75. The van der Waals surface area contributed by atoms with Crippen LogP contribution in [-0.2, 0) is 16.0 Å². The van der Waals surface area contributed by atoms with Crippen molar-refractivity contribution in [1.82, 2.24) is 14.7 Å². The van der Waals surface area contributed by atoms with E-state index in [0.29, 0.717) is 30.0 Å². The van der Waals surface area contributed by atoms with Gasteiger partial charge in [0, 0.05) is 25.2 Å². The van der Waals surface area contributed by atoms with Crippen molar-refractivity contribution in [2.45, 2.75) is 19.8 Å². The number of methoxy groups -OCH3 is 1. The number of aromatic nitrogens is 2. The highest BCUT2D eigenvalue weighted by molar-refractivity contribution is 6.30. The van der Waals surface area contributed by atoms with Crippen LogP contribution in [0.3, 0.4) is 0 Å². The fraction of sp³-hybridized carbons (Fsp3) is 0.421. The predicted octanol–water partition coefficient (Wildman–Crippen LogP) is 2.65. The highest BCUT2D eigenvalue weighted by Crippen LogP contribution is 2.32. The van der Waals surface area contributed by atoms with Crippen molar-refractivity contribution in [3.8, 4) is 5.69 Å². The van der Waals surface area contributed by atoms with Gasteiger partial charge in [-0.25, -0.2) is 4.68 Å². The van der Waals surface area contributed by atoms with Crippen molar-refractivity contribution < 1.29 is 19.4 Å². The number of carbonyl (C=O) groups excluding carboxylic acids is 1. The van der Waals surface area contributed by atoms with Crippen LogP contribution in [0.15, 0.2) is 30.5 Å². The van der Waals surface area contributed by atoms with Crippen molar-refractivity contribution in [3.63, 3.8) is 0 Å². The van der Waals surface area contributed by atoms with E-state index in [9.17, 15) is 14.7 Å². The molecule has 1 aliphatic rings. The maximum Gasteiger partial charge on any atom is 0.313 e. The van der Waals surface area contributed by atoms with Gasteiger partial charge in [0.25, 0.3) is 5.91 Å². The van der Waals surface area contributed by atoms with Crippen LogP contribution in [0.5, 0.6) is 0 Å². The number of likely N-dealkylation sites (tertiary alicyclic amines) is 1. The summed E-state index contributed by atoms with van der Waals surface area (Å²) in [5, 5.41) is 14.6. The Hall–Kier alpha value is -2.38. The molecule has 2 aromatic rings. The monoisotopic (exact) mass is 391 g/mol. The smallest absolute Gasteiger partial charge is 0.313 e. The summed E-state index contributed by atoms with van der Waals surface area (Å²) < 4.78 is 6.80. The number of hydrogen-bond acceptors (Lipinski definition) is 4. The first-order valence-electron chi connectivity index (χ1n) is 8.76. The van der Waals surface area contributed by atoms with Crippen LogP contribution in [0.4, 0.5) is 0 Å². The molecule has 27 heavy (non-hydrogen) atoms. The molecule has 7 nitrogen and oxygen atoms in total. The summed E-state index contributed by atoms with van der Waals surface area (Å²) >= 11 is 6.07. The molecule has 8 heteroatoms. The van der Waals surface area contributed by atoms with Crippen molar-refractivity contribution in [3.05, 3.63) is 46.7 Å². The lowest BCUT2D eigenvalue weighted by molar-refractivity contribution is -0.151. The second-order valence-corrected chi connectivity index (χ2v) is 7.18. The molecule has 1 unspecified atom stereocenters. The number of carboxylic acids is 1. The largest absolute Gasteiger partial charge is 0.481 e. The Morgan fingerprint density at radius 3 is 2.81 bits per heavy atom. The normalized spacial score (nSPS) is 19.4. The maximum atomic E-state index is 13.1. The fourth-order valence-electron chi connectivity index (χ4n) is 3.57. The minimum atomic E-state index is -1.06. The number of nitrogens with zero attached hydrogens (tertiary/aromatic N) is 3. The summed E-state index contributed by atoms with van der Waals surface area (Å²) in [6.45, 7) is 2.53. The van der Waals surface area contributed by atoms with Crippen LogP contribution in [0.2, 0.25) is 5.02 Å². The molecular weight excluding hydrogens is 370 g/mol. The molecule has 0 spiro atoms. The Bertz CT molecular complexity index is 866. The third-order valence-corrected chi connectivity index (χ3v) is 5.24. The molecule has 0 bridgehead atoms. The molecule has 0 aliphatic carbocycles. The number of halogens is 1. The average molecular weight is 392 g/mol. The lowest BCUT2D eigenvalue weighted by Crippen LogP contribution is -2.40. The first-order chi connectivity index (χ1) is 12.9. The van der Waals surface area contributed by atoms with Crippen LogP contribution in [0, 0.1) is 5.41 Å². The molecule has 1 aromatic heterocycles. The standard InChI is InChI=1S/C19H22ClN3O4/c1-3-16-15(10-21-23(16)14-6-4-5-13(20)9-14)17(24)22-8-7-19(11-22,12-27-2)18(25)26/h4-6,9-10H,3,7-8,11-12H2,1-2H3,(H,25,26).